The van der Waals surface area contributed by atoms with Crippen molar-refractivity contribution in [2.24, 2.45) is 5.92 Å². The first-order valence-electron chi connectivity index (χ1n) is 4.27. The predicted molar refractivity (Wildman–Crippen MR) is 52.4 cm³/mol. The van der Waals surface area contributed by atoms with Gasteiger partial charge in [-0.3, -0.25) is 4.21 Å². The van der Waals surface area contributed by atoms with Gasteiger partial charge in [-0.25, -0.2) is 8.78 Å². The fourth-order valence-electron chi connectivity index (χ4n) is 0.979. The SMILES string of the molecule is CC(C#N)CS(=O)c1ccc(F)c(F)c1. The second-order valence-corrected chi connectivity index (χ2v) is 4.61. The lowest BCUT2D eigenvalue weighted by molar-refractivity contribution is 0.505. The summed E-state index contributed by atoms with van der Waals surface area (Å²) in [5.74, 6) is -2.24. The number of hydrogen-bond acceptors (Lipinski definition) is 2. The van der Waals surface area contributed by atoms with Gasteiger partial charge in [0.25, 0.3) is 0 Å². The summed E-state index contributed by atoms with van der Waals surface area (Å²) in [6, 6.07) is 5.02. The van der Waals surface area contributed by atoms with Crippen LogP contribution in [-0.4, -0.2) is 9.96 Å². The summed E-state index contributed by atoms with van der Waals surface area (Å²) in [6.45, 7) is 1.62. The maximum atomic E-state index is 12.8. The highest BCUT2D eigenvalue weighted by atomic mass is 32.2. The molecule has 5 heteroatoms. The third kappa shape index (κ3) is 3.10. The Labute approximate surface area is 89.0 Å². The predicted octanol–water partition coefficient (Wildman–Crippen LogP) is 2.23. The second kappa shape index (κ2) is 4.99. The van der Waals surface area contributed by atoms with Crippen molar-refractivity contribution >= 4 is 10.8 Å². The van der Waals surface area contributed by atoms with E-state index in [0.717, 1.165) is 12.1 Å². The molecule has 0 bridgehead atoms. The Bertz CT molecular complexity index is 428. The molecule has 0 saturated heterocycles. The Morgan fingerprint density at radius 2 is 2.13 bits per heavy atom. The van der Waals surface area contributed by atoms with Crippen LogP contribution in [0, 0.1) is 28.9 Å². The van der Waals surface area contributed by atoms with Crippen molar-refractivity contribution in [2.75, 3.05) is 5.75 Å². The van der Waals surface area contributed by atoms with Crippen molar-refractivity contribution in [2.45, 2.75) is 11.8 Å². The molecule has 0 amide bonds. The molecule has 2 unspecified atom stereocenters. The minimum Gasteiger partial charge on any atom is -0.254 e. The van der Waals surface area contributed by atoms with E-state index in [1.54, 1.807) is 6.92 Å². The summed E-state index contributed by atoms with van der Waals surface area (Å²) in [6.07, 6.45) is 0. The van der Waals surface area contributed by atoms with E-state index in [2.05, 4.69) is 0 Å². The van der Waals surface area contributed by atoms with Gasteiger partial charge in [0.15, 0.2) is 11.6 Å². The maximum absolute atomic E-state index is 12.8. The Morgan fingerprint density at radius 1 is 1.47 bits per heavy atom. The van der Waals surface area contributed by atoms with Crippen LogP contribution in [0.1, 0.15) is 6.92 Å². The van der Waals surface area contributed by atoms with Gasteiger partial charge in [-0.05, 0) is 25.1 Å². The summed E-state index contributed by atoms with van der Waals surface area (Å²) in [5.41, 5.74) is 0. The molecule has 0 heterocycles. The monoisotopic (exact) mass is 229 g/mol. The van der Waals surface area contributed by atoms with Crippen LogP contribution in [0.2, 0.25) is 0 Å². The quantitative estimate of drug-likeness (QED) is 0.797. The zero-order valence-corrected chi connectivity index (χ0v) is 8.85. The highest BCUT2D eigenvalue weighted by Crippen LogP contribution is 2.14. The number of halogens is 2. The third-order valence-corrected chi connectivity index (χ3v) is 3.36. The second-order valence-electron chi connectivity index (χ2n) is 3.12. The molecule has 80 valence electrons. The normalized spacial score (nSPS) is 14.3. The van der Waals surface area contributed by atoms with E-state index in [9.17, 15) is 13.0 Å². The molecule has 0 aliphatic carbocycles. The summed E-state index contributed by atoms with van der Waals surface area (Å²) < 4.78 is 36.9. The molecule has 2 atom stereocenters. The molecule has 0 saturated carbocycles. The average molecular weight is 229 g/mol. The van der Waals surface area contributed by atoms with Gasteiger partial charge in [0.2, 0.25) is 0 Å². The minimum atomic E-state index is -1.46. The maximum Gasteiger partial charge on any atom is 0.160 e. The Kier molecular flexibility index (Phi) is 3.92. The third-order valence-electron chi connectivity index (χ3n) is 1.78. The van der Waals surface area contributed by atoms with Gasteiger partial charge < -0.3 is 0 Å². The molecule has 0 aliphatic heterocycles. The van der Waals surface area contributed by atoms with Crippen LogP contribution in [0.25, 0.3) is 0 Å². The number of nitriles is 1. The van der Waals surface area contributed by atoms with Gasteiger partial charge in [0.1, 0.15) is 0 Å². The van der Waals surface area contributed by atoms with Crippen molar-refractivity contribution in [3.8, 4) is 6.07 Å². The van der Waals surface area contributed by atoms with Crippen molar-refractivity contribution < 1.29 is 13.0 Å². The zero-order valence-electron chi connectivity index (χ0n) is 8.04. The molecule has 15 heavy (non-hydrogen) atoms. The van der Waals surface area contributed by atoms with Gasteiger partial charge >= 0.3 is 0 Å². The highest BCUT2D eigenvalue weighted by Gasteiger charge is 2.11. The minimum absolute atomic E-state index is 0.127. The van der Waals surface area contributed by atoms with Crippen molar-refractivity contribution in [3.05, 3.63) is 29.8 Å². The lowest BCUT2D eigenvalue weighted by Crippen LogP contribution is -2.06. The summed E-state index contributed by atoms with van der Waals surface area (Å²) in [5, 5.41) is 8.51. The lowest BCUT2D eigenvalue weighted by atomic mass is 10.3. The molecule has 2 nitrogen and oxygen atoms in total. The largest absolute Gasteiger partial charge is 0.254 e. The lowest BCUT2D eigenvalue weighted by Gasteiger charge is -2.03. The van der Waals surface area contributed by atoms with Gasteiger partial charge in [-0.1, -0.05) is 0 Å². The van der Waals surface area contributed by atoms with E-state index in [1.807, 2.05) is 6.07 Å². The van der Waals surface area contributed by atoms with E-state index < -0.39 is 22.4 Å². The van der Waals surface area contributed by atoms with Gasteiger partial charge in [-0.2, -0.15) is 5.26 Å². The Balaban J connectivity index is 2.84. The van der Waals surface area contributed by atoms with Gasteiger partial charge in [0, 0.05) is 10.6 Å². The molecule has 0 N–H and O–H groups in total. The molecule has 0 radical (unpaired) electrons. The molecule has 0 aliphatic rings. The van der Waals surface area contributed by atoms with E-state index in [1.165, 1.54) is 6.07 Å². The van der Waals surface area contributed by atoms with Crippen LogP contribution in [0.15, 0.2) is 23.1 Å². The standard InChI is InChI=1S/C10H9F2NOS/c1-7(5-13)6-15(14)8-2-3-9(11)10(12)4-8/h2-4,7H,6H2,1H3. The van der Waals surface area contributed by atoms with E-state index in [4.69, 9.17) is 5.26 Å². The molecule has 1 aromatic rings. The van der Waals surface area contributed by atoms with Crippen LogP contribution in [0.5, 0.6) is 0 Å². The Hall–Kier alpha value is -1.28. The number of rotatable bonds is 3. The molecular formula is C10H9F2NOS. The average Bonchev–Trinajstić information content (AvgIpc) is 2.21. The topological polar surface area (TPSA) is 40.9 Å². The number of benzene rings is 1. The van der Waals surface area contributed by atoms with Gasteiger partial charge in [0.05, 0.1) is 22.8 Å². The molecule has 1 aromatic carbocycles. The van der Waals surface area contributed by atoms with Crippen LogP contribution >= 0.6 is 0 Å². The van der Waals surface area contributed by atoms with Crippen molar-refractivity contribution in [1.29, 1.82) is 5.26 Å². The summed E-state index contributed by atoms with van der Waals surface area (Å²) >= 11 is 0. The van der Waals surface area contributed by atoms with Crippen LogP contribution in [0.4, 0.5) is 8.78 Å². The Morgan fingerprint density at radius 3 is 2.67 bits per heavy atom. The summed E-state index contributed by atoms with van der Waals surface area (Å²) in [4.78, 5) is 0.205. The number of hydrogen-bond donors (Lipinski definition) is 0. The fourth-order valence-corrected chi connectivity index (χ4v) is 2.15. The first-order valence-corrected chi connectivity index (χ1v) is 5.59. The molecule has 1 rings (SSSR count). The zero-order chi connectivity index (χ0) is 11.4. The summed E-state index contributed by atoms with van der Waals surface area (Å²) in [7, 11) is -1.46. The van der Waals surface area contributed by atoms with Crippen molar-refractivity contribution in [3.63, 3.8) is 0 Å². The van der Waals surface area contributed by atoms with Crippen LogP contribution in [0.3, 0.4) is 0 Å². The van der Waals surface area contributed by atoms with Crippen LogP contribution in [-0.2, 0) is 10.8 Å². The fraction of sp³-hybridized carbons (Fsp3) is 0.300. The van der Waals surface area contributed by atoms with Crippen molar-refractivity contribution in [1.82, 2.24) is 0 Å². The van der Waals surface area contributed by atoms with E-state index in [-0.39, 0.29) is 16.6 Å². The van der Waals surface area contributed by atoms with Crippen LogP contribution < -0.4 is 0 Å². The highest BCUT2D eigenvalue weighted by molar-refractivity contribution is 7.85. The van der Waals surface area contributed by atoms with Gasteiger partial charge in [-0.15, -0.1) is 0 Å². The smallest absolute Gasteiger partial charge is 0.160 e. The first kappa shape index (κ1) is 11.8. The first-order chi connectivity index (χ1) is 7.04. The molecule has 0 spiro atoms. The number of nitrogens with zero attached hydrogens (tertiary/aromatic N) is 1. The molecule has 0 aromatic heterocycles. The van der Waals surface area contributed by atoms with E-state index >= 15 is 0 Å². The molecule has 0 fully saturated rings. The molecular weight excluding hydrogens is 220 g/mol. The van der Waals surface area contributed by atoms with E-state index in [0.29, 0.717) is 0 Å².